The first-order chi connectivity index (χ1) is 6.34. The molecule has 0 aromatic carbocycles. The fraction of sp³-hybridized carbons (Fsp3) is 0.750. The summed E-state index contributed by atoms with van der Waals surface area (Å²) in [4.78, 5) is 2.41. The van der Waals surface area contributed by atoms with Gasteiger partial charge in [0.1, 0.15) is 0 Å². The highest BCUT2D eigenvalue weighted by Gasteiger charge is 2.15. The fourth-order valence-electron chi connectivity index (χ4n) is 1.64. The summed E-state index contributed by atoms with van der Waals surface area (Å²) in [7, 11) is 0. The predicted molar refractivity (Wildman–Crippen MR) is 52.7 cm³/mol. The van der Waals surface area contributed by atoms with Gasteiger partial charge in [0, 0.05) is 32.2 Å². The Labute approximate surface area is 82.3 Å². The van der Waals surface area contributed by atoms with Crippen LogP contribution in [0.4, 0.5) is 0 Å². The maximum Gasteiger partial charge on any atom is 0.0883 e. The molecule has 1 aromatic rings. The summed E-state index contributed by atoms with van der Waals surface area (Å²) >= 11 is 1.29. The molecule has 0 saturated carbocycles. The molecule has 1 atom stereocenters. The van der Waals surface area contributed by atoms with Crippen molar-refractivity contribution in [1.82, 2.24) is 19.0 Å². The Hall–Kier alpha value is -0.520. The van der Waals surface area contributed by atoms with Gasteiger partial charge in [-0.3, -0.25) is 4.90 Å². The zero-order valence-corrected chi connectivity index (χ0v) is 8.55. The SMILES string of the molecule is C[C@@H]1CN(Cc2cnsn2)CCN1. The molecule has 1 N–H and O–H groups in total. The molecule has 0 radical (unpaired) electrons. The van der Waals surface area contributed by atoms with Crippen LogP contribution in [0.1, 0.15) is 12.6 Å². The lowest BCUT2D eigenvalue weighted by Gasteiger charge is -2.31. The normalized spacial score (nSPS) is 24.8. The van der Waals surface area contributed by atoms with E-state index in [4.69, 9.17) is 0 Å². The number of hydrogen-bond acceptors (Lipinski definition) is 5. The van der Waals surface area contributed by atoms with E-state index in [2.05, 4.69) is 25.9 Å². The molecule has 0 aliphatic carbocycles. The van der Waals surface area contributed by atoms with Gasteiger partial charge in [-0.05, 0) is 6.92 Å². The van der Waals surface area contributed by atoms with E-state index in [1.54, 1.807) is 0 Å². The monoisotopic (exact) mass is 198 g/mol. The van der Waals surface area contributed by atoms with E-state index in [1.807, 2.05) is 6.20 Å². The molecule has 0 bridgehead atoms. The van der Waals surface area contributed by atoms with Crippen LogP contribution in [0.15, 0.2) is 6.20 Å². The lowest BCUT2D eigenvalue weighted by Crippen LogP contribution is -2.48. The van der Waals surface area contributed by atoms with Crippen LogP contribution in [0.25, 0.3) is 0 Å². The van der Waals surface area contributed by atoms with Crippen LogP contribution < -0.4 is 5.32 Å². The standard InChI is InChI=1S/C8H14N4S/c1-7-5-12(3-2-9-7)6-8-4-10-13-11-8/h4,7,9H,2-3,5-6H2,1H3/t7-/m1/s1. The van der Waals surface area contributed by atoms with Crippen LogP contribution in [-0.4, -0.2) is 39.3 Å². The molecule has 2 rings (SSSR count). The molecule has 72 valence electrons. The largest absolute Gasteiger partial charge is 0.312 e. The molecule has 4 nitrogen and oxygen atoms in total. The van der Waals surface area contributed by atoms with E-state index in [0.29, 0.717) is 6.04 Å². The lowest BCUT2D eigenvalue weighted by atomic mass is 10.2. The maximum absolute atomic E-state index is 4.20. The van der Waals surface area contributed by atoms with Gasteiger partial charge in [0.2, 0.25) is 0 Å². The molecule has 1 aliphatic rings. The highest BCUT2D eigenvalue weighted by atomic mass is 32.1. The van der Waals surface area contributed by atoms with E-state index in [9.17, 15) is 0 Å². The highest BCUT2D eigenvalue weighted by molar-refractivity contribution is 6.99. The van der Waals surface area contributed by atoms with Gasteiger partial charge in [-0.1, -0.05) is 0 Å². The van der Waals surface area contributed by atoms with Gasteiger partial charge in [-0.15, -0.1) is 0 Å². The third-order valence-corrected chi connectivity index (χ3v) is 2.76. The van der Waals surface area contributed by atoms with Crippen molar-refractivity contribution in [1.29, 1.82) is 0 Å². The Balaban J connectivity index is 1.87. The molecule has 1 saturated heterocycles. The lowest BCUT2D eigenvalue weighted by molar-refractivity contribution is 0.198. The van der Waals surface area contributed by atoms with E-state index in [0.717, 1.165) is 31.9 Å². The Morgan fingerprint density at radius 3 is 3.38 bits per heavy atom. The van der Waals surface area contributed by atoms with E-state index >= 15 is 0 Å². The smallest absolute Gasteiger partial charge is 0.0883 e. The van der Waals surface area contributed by atoms with Gasteiger partial charge >= 0.3 is 0 Å². The number of piperazine rings is 1. The summed E-state index contributed by atoms with van der Waals surface area (Å²) in [6.07, 6.45) is 1.86. The van der Waals surface area contributed by atoms with Crippen LogP contribution in [-0.2, 0) is 6.54 Å². The number of aromatic nitrogens is 2. The van der Waals surface area contributed by atoms with Crippen LogP contribution >= 0.6 is 11.7 Å². The second-order valence-corrected chi connectivity index (χ2v) is 4.05. The molecular weight excluding hydrogens is 184 g/mol. The summed E-state index contributed by atoms with van der Waals surface area (Å²) in [5.74, 6) is 0. The Morgan fingerprint density at radius 2 is 2.69 bits per heavy atom. The molecule has 1 aromatic heterocycles. The first-order valence-electron chi connectivity index (χ1n) is 4.57. The number of rotatable bonds is 2. The summed E-state index contributed by atoms with van der Waals surface area (Å²) in [5, 5.41) is 3.42. The minimum Gasteiger partial charge on any atom is -0.312 e. The van der Waals surface area contributed by atoms with Gasteiger partial charge in [-0.25, -0.2) is 0 Å². The summed E-state index contributed by atoms with van der Waals surface area (Å²) in [6, 6.07) is 0.598. The molecule has 5 heteroatoms. The molecule has 0 spiro atoms. The van der Waals surface area contributed by atoms with Crippen molar-refractivity contribution < 1.29 is 0 Å². The highest BCUT2D eigenvalue weighted by Crippen LogP contribution is 2.05. The summed E-state index contributed by atoms with van der Waals surface area (Å²) in [6.45, 7) is 6.46. The molecule has 13 heavy (non-hydrogen) atoms. The molecule has 1 aliphatic heterocycles. The molecule has 1 fully saturated rings. The molecule has 0 unspecified atom stereocenters. The number of nitrogens with one attached hydrogen (secondary N) is 1. The van der Waals surface area contributed by atoms with Crippen molar-refractivity contribution in [2.45, 2.75) is 19.5 Å². The summed E-state index contributed by atoms with van der Waals surface area (Å²) in [5.41, 5.74) is 1.10. The van der Waals surface area contributed by atoms with Crippen LogP contribution in [0.5, 0.6) is 0 Å². The van der Waals surface area contributed by atoms with E-state index < -0.39 is 0 Å². The Morgan fingerprint density at radius 1 is 1.77 bits per heavy atom. The zero-order chi connectivity index (χ0) is 9.10. The van der Waals surface area contributed by atoms with Crippen molar-refractivity contribution in [2.75, 3.05) is 19.6 Å². The Kier molecular flexibility index (Phi) is 2.87. The number of hydrogen-bond donors (Lipinski definition) is 1. The van der Waals surface area contributed by atoms with Gasteiger partial charge in [0.05, 0.1) is 23.6 Å². The van der Waals surface area contributed by atoms with Gasteiger partial charge in [0.25, 0.3) is 0 Å². The average molecular weight is 198 g/mol. The third-order valence-electron chi connectivity index (χ3n) is 2.25. The maximum atomic E-state index is 4.20. The van der Waals surface area contributed by atoms with Crippen molar-refractivity contribution in [3.63, 3.8) is 0 Å². The van der Waals surface area contributed by atoms with Crippen molar-refractivity contribution in [3.8, 4) is 0 Å². The summed E-state index contributed by atoms with van der Waals surface area (Å²) < 4.78 is 8.20. The third kappa shape index (κ3) is 2.46. The van der Waals surface area contributed by atoms with E-state index in [1.165, 1.54) is 11.7 Å². The fourth-order valence-corrected chi connectivity index (χ4v) is 2.06. The minimum atomic E-state index is 0.598. The van der Waals surface area contributed by atoms with E-state index in [-0.39, 0.29) is 0 Å². The minimum absolute atomic E-state index is 0.598. The van der Waals surface area contributed by atoms with Crippen LogP contribution in [0.2, 0.25) is 0 Å². The van der Waals surface area contributed by atoms with Crippen LogP contribution in [0, 0.1) is 0 Å². The zero-order valence-electron chi connectivity index (χ0n) is 7.73. The average Bonchev–Trinajstić information content (AvgIpc) is 2.57. The van der Waals surface area contributed by atoms with Gasteiger partial charge < -0.3 is 5.32 Å². The van der Waals surface area contributed by atoms with Crippen molar-refractivity contribution >= 4 is 11.7 Å². The number of nitrogens with zero attached hydrogens (tertiary/aromatic N) is 3. The predicted octanol–water partition coefficient (Wildman–Crippen LogP) is 0.332. The topological polar surface area (TPSA) is 41.1 Å². The second kappa shape index (κ2) is 4.13. The second-order valence-electron chi connectivity index (χ2n) is 3.49. The first-order valence-corrected chi connectivity index (χ1v) is 5.30. The van der Waals surface area contributed by atoms with Crippen molar-refractivity contribution in [2.24, 2.45) is 0 Å². The van der Waals surface area contributed by atoms with Crippen molar-refractivity contribution in [3.05, 3.63) is 11.9 Å². The Bertz CT molecular complexity index is 249. The molecular formula is C8H14N4S. The molecule has 2 heterocycles. The van der Waals surface area contributed by atoms with Gasteiger partial charge in [0.15, 0.2) is 0 Å². The molecule has 0 amide bonds. The quantitative estimate of drug-likeness (QED) is 0.743. The first kappa shape index (κ1) is 9.05. The van der Waals surface area contributed by atoms with Crippen LogP contribution in [0.3, 0.4) is 0 Å². The van der Waals surface area contributed by atoms with Gasteiger partial charge in [-0.2, -0.15) is 8.75 Å².